The summed E-state index contributed by atoms with van der Waals surface area (Å²) in [6.07, 6.45) is 9.03. The number of fused-ring (bicyclic) bond motifs is 1. The molecule has 4 atom stereocenters. The molecule has 0 aromatic rings. The van der Waals surface area contributed by atoms with Crippen molar-refractivity contribution in [3.05, 3.63) is 0 Å². The van der Waals surface area contributed by atoms with E-state index in [9.17, 15) is 0 Å². The summed E-state index contributed by atoms with van der Waals surface area (Å²) in [5.74, 6) is 3.93. The first-order chi connectivity index (χ1) is 7.04. The Bertz CT molecular complexity index is 218. The average molecular weight is 208 g/mol. The molecule has 2 fully saturated rings. The first kappa shape index (κ1) is 11.5. The molecule has 2 rings (SSSR count). The summed E-state index contributed by atoms with van der Waals surface area (Å²) in [4.78, 5) is 0. The van der Waals surface area contributed by atoms with Crippen molar-refractivity contribution < 1.29 is 0 Å². The fourth-order valence-corrected chi connectivity index (χ4v) is 4.23. The molecular weight excluding hydrogens is 180 g/mol. The van der Waals surface area contributed by atoms with Crippen LogP contribution in [0.3, 0.4) is 0 Å². The molecular formula is C15H28. The Morgan fingerprint density at radius 1 is 1.07 bits per heavy atom. The number of hydrogen-bond acceptors (Lipinski definition) is 0. The van der Waals surface area contributed by atoms with Crippen molar-refractivity contribution in [3.8, 4) is 0 Å². The van der Waals surface area contributed by atoms with E-state index in [1.165, 1.54) is 38.5 Å². The monoisotopic (exact) mass is 208 g/mol. The Balaban J connectivity index is 2.12. The van der Waals surface area contributed by atoms with E-state index in [2.05, 4.69) is 27.7 Å². The van der Waals surface area contributed by atoms with E-state index >= 15 is 0 Å². The van der Waals surface area contributed by atoms with Crippen LogP contribution in [0.2, 0.25) is 0 Å². The molecule has 88 valence electrons. The van der Waals surface area contributed by atoms with E-state index in [4.69, 9.17) is 0 Å². The molecule has 2 saturated carbocycles. The first-order valence-corrected chi connectivity index (χ1v) is 7.04. The standard InChI is InChI=1S/C15H28/c1-11(2)13-8-9-14-7-5-6-12(3)15(14,4)10-13/h11-14H,5-10H2,1-4H3/t12-,13-,14+,15+/m1/s1. The third-order valence-corrected chi connectivity index (χ3v) is 5.78. The molecule has 2 aliphatic carbocycles. The summed E-state index contributed by atoms with van der Waals surface area (Å²) in [6.45, 7) is 9.94. The summed E-state index contributed by atoms with van der Waals surface area (Å²) in [6, 6.07) is 0. The summed E-state index contributed by atoms with van der Waals surface area (Å²) in [7, 11) is 0. The first-order valence-electron chi connectivity index (χ1n) is 7.04. The van der Waals surface area contributed by atoms with Gasteiger partial charge in [-0.1, -0.05) is 40.5 Å². The highest BCUT2D eigenvalue weighted by Crippen LogP contribution is 2.55. The van der Waals surface area contributed by atoms with Crippen LogP contribution in [0.15, 0.2) is 0 Å². The molecule has 0 heteroatoms. The molecule has 0 spiro atoms. The molecule has 0 nitrogen and oxygen atoms in total. The van der Waals surface area contributed by atoms with E-state index in [1.54, 1.807) is 0 Å². The van der Waals surface area contributed by atoms with Crippen molar-refractivity contribution in [2.24, 2.45) is 29.1 Å². The topological polar surface area (TPSA) is 0 Å². The highest BCUT2D eigenvalue weighted by atomic mass is 14.5. The van der Waals surface area contributed by atoms with E-state index in [0.29, 0.717) is 5.41 Å². The van der Waals surface area contributed by atoms with Gasteiger partial charge in [0.25, 0.3) is 0 Å². The quantitative estimate of drug-likeness (QED) is 0.576. The Labute approximate surface area is 95.8 Å². The number of hydrogen-bond donors (Lipinski definition) is 0. The zero-order chi connectivity index (χ0) is 11.1. The van der Waals surface area contributed by atoms with Crippen LogP contribution in [0, 0.1) is 29.1 Å². The lowest BCUT2D eigenvalue weighted by Gasteiger charge is -2.52. The molecule has 0 heterocycles. The fraction of sp³-hybridized carbons (Fsp3) is 1.00. The van der Waals surface area contributed by atoms with Crippen LogP contribution in [0.25, 0.3) is 0 Å². The van der Waals surface area contributed by atoms with Crippen LogP contribution >= 0.6 is 0 Å². The van der Waals surface area contributed by atoms with Gasteiger partial charge in [0.1, 0.15) is 0 Å². The second-order valence-electron chi connectivity index (χ2n) is 6.82. The van der Waals surface area contributed by atoms with Gasteiger partial charge in [0.2, 0.25) is 0 Å². The maximum Gasteiger partial charge on any atom is -0.0269 e. The van der Waals surface area contributed by atoms with E-state index in [1.807, 2.05) is 0 Å². The van der Waals surface area contributed by atoms with Gasteiger partial charge < -0.3 is 0 Å². The molecule has 0 aromatic heterocycles. The lowest BCUT2D eigenvalue weighted by molar-refractivity contribution is -0.0232. The van der Waals surface area contributed by atoms with Crippen molar-refractivity contribution >= 4 is 0 Å². The second kappa shape index (κ2) is 4.11. The minimum absolute atomic E-state index is 0.686. The number of rotatable bonds is 1. The van der Waals surface area contributed by atoms with Gasteiger partial charge in [-0.25, -0.2) is 0 Å². The molecule has 0 amide bonds. The van der Waals surface area contributed by atoms with Gasteiger partial charge >= 0.3 is 0 Å². The zero-order valence-corrected chi connectivity index (χ0v) is 11.1. The van der Waals surface area contributed by atoms with Gasteiger partial charge in [-0.3, -0.25) is 0 Å². The lowest BCUT2D eigenvalue weighted by atomic mass is 9.53. The van der Waals surface area contributed by atoms with Gasteiger partial charge in [0, 0.05) is 0 Å². The van der Waals surface area contributed by atoms with Gasteiger partial charge in [-0.15, -0.1) is 0 Å². The maximum atomic E-state index is 2.59. The molecule has 0 aliphatic heterocycles. The minimum atomic E-state index is 0.686. The molecule has 15 heavy (non-hydrogen) atoms. The molecule has 2 aliphatic rings. The molecule has 0 N–H and O–H groups in total. The van der Waals surface area contributed by atoms with Gasteiger partial charge in [0.05, 0.1) is 0 Å². The Hall–Kier alpha value is 0. The van der Waals surface area contributed by atoms with Crippen LogP contribution in [0.5, 0.6) is 0 Å². The normalized spacial score (nSPS) is 46.6. The summed E-state index contributed by atoms with van der Waals surface area (Å²) < 4.78 is 0. The van der Waals surface area contributed by atoms with Crippen LogP contribution in [-0.4, -0.2) is 0 Å². The van der Waals surface area contributed by atoms with Gasteiger partial charge in [0.15, 0.2) is 0 Å². The summed E-state index contributed by atoms with van der Waals surface area (Å²) >= 11 is 0. The SMILES string of the molecule is CC(C)[C@@H]1CC[C@@H]2CCC[C@@H](C)[C@]2(C)C1. The second-order valence-corrected chi connectivity index (χ2v) is 6.82. The smallest absolute Gasteiger partial charge is 0.0269 e. The van der Waals surface area contributed by atoms with Crippen molar-refractivity contribution in [3.63, 3.8) is 0 Å². The third kappa shape index (κ3) is 1.97. The van der Waals surface area contributed by atoms with Crippen LogP contribution < -0.4 is 0 Å². The van der Waals surface area contributed by atoms with Gasteiger partial charge in [-0.2, -0.15) is 0 Å². The van der Waals surface area contributed by atoms with Crippen LogP contribution in [-0.2, 0) is 0 Å². The maximum absolute atomic E-state index is 2.59. The van der Waals surface area contributed by atoms with Crippen molar-refractivity contribution in [1.82, 2.24) is 0 Å². The largest absolute Gasteiger partial charge is 0.0625 e. The Morgan fingerprint density at radius 3 is 2.47 bits per heavy atom. The van der Waals surface area contributed by atoms with Crippen molar-refractivity contribution in [2.45, 2.75) is 66.2 Å². The van der Waals surface area contributed by atoms with E-state index in [0.717, 1.165) is 23.7 Å². The highest BCUT2D eigenvalue weighted by molar-refractivity contribution is 4.95. The average Bonchev–Trinajstić information content (AvgIpc) is 2.19. The Kier molecular flexibility index (Phi) is 3.14. The molecule has 0 bridgehead atoms. The fourth-order valence-electron chi connectivity index (χ4n) is 4.23. The zero-order valence-electron chi connectivity index (χ0n) is 11.1. The van der Waals surface area contributed by atoms with Crippen molar-refractivity contribution in [2.75, 3.05) is 0 Å². The molecule has 0 unspecified atom stereocenters. The predicted octanol–water partition coefficient (Wildman–Crippen LogP) is 4.89. The van der Waals surface area contributed by atoms with Crippen molar-refractivity contribution in [1.29, 1.82) is 0 Å². The predicted molar refractivity (Wildman–Crippen MR) is 66.8 cm³/mol. The molecule has 0 saturated heterocycles. The van der Waals surface area contributed by atoms with Crippen LogP contribution in [0.1, 0.15) is 66.2 Å². The van der Waals surface area contributed by atoms with Crippen LogP contribution in [0.4, 0.5) is 0 Å². The lowest BCUT2D eigenvalue weighted by Crippen LogP contribution is -2.43. The summed E-state index contributed by atoms with van der Waals surface area (Å²) in [5, 5.41) is 0. The molecule has 0 aromatic carbocycles. The summed E-state index contributed by atoms with van der Waals surface area (Å²) in [5.41, 5.74) is 0.686. The van der Waals surface area contributed by atoms with E-state index in [-0.39, 0.29) is 0 Å². The Morgan fingerprint density at radius 2 is 1.80 bits per heavy atom. The van der Waals surface area contributed by atoms with Gasteiger partial charge in [-0.05, 0) is 54.8 Å². The molecule has 0 radical (unpaired) electrons. The third-order valence-electron chi connectivity index (χ3n) is 5.78. The highest BCUT2D eigenvalue weighted by Gasteiger charge is 2.45. The minimum Gasteiger partial charge on any atom is -0.0625 e. The van der Waals surface area contributed by atoms with E-state index < -0.39 is 0 Å².